The summed E-state index contributed by atoms with van der Waals surface area (Å²) in [6, 6.07) is 8.92. The molecule has 1 fully saturated rings. The Morgan fingerprint density at radius 3 is 2.20 bits per heavy atom. The fourth-order valence-electron chi connectivity index (χ4n) is 2.69. The third-order valence-electron chi connectivity index (χ3n) is 4.33. The molecule has 0 saturated heterocycles. The summed E-state index contributed by atoms with van der Waals surface area (Å²) in [6.07, 6.45) is 4.19. The molecule has 0 N–H and O–H groups in total. The lowest BCUT2D eigenvalue weighted by molar-refractivity contribution is -0.131. The molecular weight excluding hydrogens is 246 g/mol. The van der Waals surface area contributed by atoms with E-state index in [1.54, 1.807) is 0 Å². The molecule has 20 heavy (non-hydrogen) atoms. The molecule has 1 aromatic rings. The van der Waals surface area contributed by atoms with Crippen LogP contribution in [0.4, 0.5) is 0 Å². The van der Waals surface area contributed by atoms with Crippen LogP contribution in [0.1, 0.15) is 44.7 Å². The lowest BCUT2D eigenvalue weighted by atomic mass is 10.0. The Bertz CT molecular complexity index is 445. The van der Waals surface area contributed by atoms with Gasteiger partial charge in [0.2, 0.25) is 5.91 Å². The molecule has 2 heteroatoms. The Kier molecular flexibility index (Phi) is 4.85. The van der Waals surface area contributed by atoms with Gasteiger partial charge in [-0.15, -0.1) is 0 Å². The molecule has 2 rings (SSSR count). The maximum atomic E-state index is 12.3. The molecule has 0 heterocycles. The first-order valence-electron chi connectivity index (χ1n) is 7.81. The highest BCUT2D eigenvalue weighted by Gasteiger charge is 2.32. The van der Waals surface area contributed by atoms with Gasteiger partial charge >= 0.3 is 0 Å². The summed E-state index contributed by atoms with van der Waals surface area (Å²) in [6.45, 7) is 6.62. The number of nitrogens with zero attached hydrogens (tertiary/aromatic N) is 1. The van der Waals surface area contributed by atoms with Crippen LogP contribution in [-0.4, -0.2) is 23.9 Å². The largest absolute Gasteiger partial charge is 0.342 e. The van der Waals surface area contributed by atoms with Crippen LogP contribution < -0.4 is 0 Å². The van der Waals surface area contributed by atoms with E-state index in [4.69, 9.17) is 0 Å². The fourth-order valence-corrected chi connectivity index (χ4v) is 2.69. The van der Waals surface area contributed by atoms with Crippen LogP contribution in [0.3, 0.4) is 0 Å². The van der Waals surface area contributed by atoms with Crippen LogP contribution in [0.2, 0.25) is 0 Å². The summed E-state index contributed by atoms with van der Waals surface area (Å²) < 4.78 is 0. The number of carbonyl (C=O) groups excluding carboxylic acids is 1. The van der Waals surface area contributed by atoms with Gasteiger partial charge in [-0.2, -0.15) is 0 Å². The Balaban J connectivity index is 1.90. The quantitative estimate of drug-likeness (QED) is 0.774. The average molecular weight is 273 g/mol. The van der Waals surface area contributed by atoms with Crippen molar-refractivity contribution in [3.05, 3.63) is 35.4 Å². The molecule has 1 aliphatic rings. The first-order valence-corrected chi connectivity index (χ1v) is 7.81. The molecule has 1 aromatic carbocycles. The van der Waals surface area contributed by atoms with Crippen LogP contribution in [0, 0.1) is 11.8 Å². The van der Waals surface area contributed by atoms with Crippen LogP contribution in [-0.2, 0) is 17.6 Å². The van der Waals surface area contributed by atoms with Crippen LogP contribution in [0.5, 0.6) is 0 Å². The summed E-state index contributed by atoms with van der Waals surface area (Å²) in [5, 5.41) is 0. The van der Waals surface area contributed by atoms with Gasteiger partial charge in [0.25, 0.3) is 0 Å². The Labute approximate surface area is 123 Å². The monoisotopic (exact) mass is 273 g/mol. The van der Waals surface area contributed by atoms with Crippen LogP contribution in [0.15, 0.2) is 24.3 Å². The summed E-state index contributed by atoms with van der Waals surface area (Å²) in [4.78, 5) is 14.2. The van der Waals surface area contributed by atoms with Crippen molar-refractivity contribution in [3.63, 3.8) is 0 Å². The van der Waals surface area contributed by atoms with Gasteiger partial charge in [0.15, 0.2) is 0 Å². The fraction of sp³-hybridized carbons (Fsp3) is 0.611. The lowest BCUT2D eigenvalue weighted by Gasteiger charge is -2.25. The molecule has 1 saturated carbocycles. The number of amides is 1. The molecule has 1 aliphatic carbocycles. The smallest absolute Gasteiger partial charge is 0.226 e. The van der Waals surface area contributed by atoms with Gasteiger partial charge in [-0.05, 0) is 49.1 Å². The molecule has 0 bridgehead atoms. The second-order valence-electron chi connectivity index (χ2n) is 6.67. The second kappa shape index (κ2) is 6.43. The number of rotatable bonds is 6. The van der Waals surface area contributed by atoms with E-state index in [0.717, 1.165) is 17.9 Å². The van der Waals surface area contributed by atoms with E-state index < -0.39 is 0 Å². The van der Waals surface area contributed by atoms with E-state index in [9.17, 15) is 4.79 Å². The number of hydrogen-bond acceptors (Lipinski definition) is 1. The third kappa shape index (κ3) is 4.09. The molecule has 0 aromatic heterocycles. The highest BCUT2D eigenvalue weighted by Crippen LogP contribution is 2.34. The van der Waals surface area contributed by atoms with E-state index in [-0.39, 0.29) is 5.91 Å². The van der Waals surface area contributed by atoms with Crippen molar-refractivity contribution < 1.29 is 4.79 Å². The van der Waals surface area contributed by atoms with E-state index in [0.29, 0.717) is 18.4 Å². The predicted molar refractivity (Wildman–Crippen MR) is 83.6 cm³/mol. The Hall–Kier alpha value is -1.31. The summed E-state index contributed by atoms with van der Waals surface area (Å²) >= 11 is 0. The molecular formula is C18H27NO. The highest BCUT2D eigenvalue weighted by atomic mass is 16.2. The molecule has 1 atom stereocenters. The van der Waals surface area contributed by atoms with Gasteiger partial charge in [0.05, 0.1) is 6.42 Å². The molecule has 0 aliphatic heterocycles. The SMILES string of the molecule is CC(C)Cc1ccc(CC(=O)N(C)C(C)C2CC2)cc1. The maximum absolute atomic E-state index is 12.3. The first kappa shape index (κ1) is 15.1. The minimum absolute atomic E-state index is 0.237. The van der Waals surface area contributed by atoms with Gasteiger partial charge in [-0.1, -0.05) is 38.1 Å². The van der Waals surface area contributed by atoms with E-state index in [2.05, 4.69) is 45.0 Å². The molecule has 0 radical (unpaired) electrons. The zero-order chi connectivity index (χ0) is 14.7. The normalized spacial score (nSPS) is 16.2. The van der Waals surface area contributed by atoms with Gasteiger partial charge < -0.3 is 4.90 Å². The standard InChI is InChI=1S/C18H27NO/c1-13(2)11-15-5-7-16(8-6-15)12-18(20)19(4)14(3)17-9-10-17/h5-8,13-14,17H,9-12H2,1-4H3. The van der Waals surface area contributed by atoms with Crippen molar-refractivity contribution >= 4 is 5.91 Å². The number of hydrogen-bond donors (Lipinski definition) is 0. The molecule has 110 valence electrons. The maximum Gasteiger partial charge on any atom is 0.226 e. The van der Waals surface area contributed by atoms with Crippen molar-refractivity contribution in [3.8, 4) is 0 Å². The van der Waals surface area contributed by atoms with Crippen LogP contribution >= 0.6 is 0 Å². The third-order valence-corrected chi connectivity index (χ3v) is 4.33. The zero-order valence-electron chi connectivity index (χ0n) is 13.2. The lowest BCUT2D eigenvalue weighted by Crippen LogP contribution is -2.37. The highest BCUT2D eigenvalue weighted by molar-refractivity contribution is 5.78. The molecule has 2 nitrogen and oxygen atoms in total. The van der Waals surface area contributed by atoms with Crippen molar-refractivity contribution in [2.45, 2.75) is 52.5 Å². The van der Waals surface area contributed by atoms with Crippen LogP contribution in [0.25, 0.3) is 0 Å². The van der Waals surface area contributed by atoms with Gasteiger partial charge in [-0.3, -0.25) is 4.79 Å². The van der Waals surface area contributed by atoms with E-state index in [1.807, 2.05) is 11.9 Å². The molecule has 0 spiro atoms. The zero-order valence-corrected chi connectivity index (χ0v) is 13.2. The van der Waals surface area contributed by atoms with Crippen molar-refractivity contribution in [1.29, 1.82) is 0 Å². The minimum atomic E-state index is 0.237. The molecule has 1 unspecified atom stereocenters. The van der Waals surface area contributed by atoms with Crippen molar-refractivity contribution in [2.75, 3.05) is 7.05 Å². The topological polar surface area (TPSA) is 20.3 Å². The van der Waals surface area contributed by atoms with E-state index >= 15 is 0 Å². The number of carbonyl (C=O) groups is 1. The summed E-state index contributed by atoms with van der Waals surface area (Å²) in [7, 11) is 1.94. The minimum Gasteiger partial charge on any atom is -0.342 e. The second-order valence-corrected chi connectivity index (χ2v) is 6.67. The summed E-state index contributed by atoms with van der Waals surface area (Å²) in [5.41, 5.74) is 2.48. The van der Waals surface area contributed by atoms with Crippen molar-refractivity contribution in [1.82, 2.24) is 4.90 Å². The Morgan fingerprint density at radius 2 is 1.70 bits per heavy atom. The first-order chi connectivity index (χ1) is 9.47. The predicted octanol–water partition coefficient (Wildman–Crippen LogP) is 3.68. The van der Waals surface area contributed by atoms with Gasteiger partial charge in [0.1, 0.15) is 0 Å². The number of likely N-dealkylation sites (N-methyl/N-ethyl adjacent to an activating group) is 1. The summed E-state index contributed by atoms with van der Waals surface area (Å²) in [5.74, 6) is 1.64. The Morgan fingerprint density at radius 1 is 1.15 bits per heavy atom. The van der Waals surface area contributed by atoms with Crippen molar-refractivity contribution in [2.24, 2.45) is 11.8 Å². The number of benzene rings is 1. The average Bonchev–Trinajstić information content (AvgIpc) is 3.23. The molecule has 1 amide bonds. The van der Waals surface area contributed by atoms with Gasteiger partial charge in [0, 0.05) is 13.1 Å². The van der Waals surface area contributed by atoms with E-state index in [1.165, 1.54) is 18.4 Å². The van der Waals surface area contributed by atoms with Gasteiger partial charge in [-0.25, -0.2) is 0 Å².